The summed E-state index contributed by atoms with van der Waals surface area (Å²) in [7, 11) is 0. The number of halogens is 4. The summed E-state index contributed by atoms with van der Waals surface area (Å²) in [6.07, 6.45) is 16.2. The number of Topliss-reactive ketones (excluding diaryl/α,β-unsaturated/α-hetero) is 1. The van der Waals surface area contributed by atoms with Crippen molar-refractivity contribution in [3.8, 4) is 0 Å². The summed E-state index contributed by atoms with van der Waals surface area (Å²) < 4.78 is 55.8. The fourth-order valence-corrected chi connectivity index (χ4v) is 7.70. The lowest BCUT2D eigenvalue weighted by atomic mass is 9.76. The molecule has 6 rings (SSSR count). The second kappa shape index (κ2) is 17.3. The zero-order valence-electron chi connectivity index (χ0n) is 28.5. The van der Waals surface area contributed by atoms with Crippen molar-refractivity contribution in [3.05, 3.63) is 119 Å². The quantitative estimate of drug-likeness (QED) is 0.124. The van der Waals surface area contributed by atoms with E-state index in [0.29, 0.717) is 53.4 Å². The van der Waals surface area contributed by atoms with Gasteiger partial charge in [-0.1, -0.05) is 24.3 Å². The van der Waals surface area contributed by atoms with Crippen LogP contribution in [0.25, 0.3) is 0 Å². The van der Waals surface area contributed by atoms with Gasteiger partial charge >= 0.3 is 0 Å². The normalized spacial score (nSPS) is 22.2. The van der Waals surface area contributed by atoms with Crippen molar-refractivity contribution in [3.63, 3.8) is 0 Å². The van der Waals surface area contributed by atoms with Gasteiger partial charge in [0.2, 0.25) is 0 Å². The highest BCUT2D eigenvalue weighted by molar-refractivity contribution is 5.78. The molecular weight excluding hydrogens is 640 g/mol. The van der Waals surface area contributed by atoms with Crippen LogP contribution >= 0.6 is 0 Å². The minimum absolute atomic E-state index is 0.114. The second-order valence-electron chi connectivity index (χ2n) is 14.4. The van der Waals surface area contributed by atoms with E-state index in [1.807, 2.05) is 0 Å². The molecule has 2 aromatic carbocycles. The number of ketones is 1. The number of benzene rings is 2. The van der Waals surface area contributed by atoms with E-state index in [-0.39, 0.29) is 36.1 Å². The Morgan fingerprint density at radius 2 is 0.900 bits per heavy atom. The predicted molar refractivity (Wildman–Crippen MR) is 185 cm³/mol. The monoisotopic (exact) mass is 686 g/mol. The smallest absolute Gasteiger partial charge is 0.163 e. The molecular formula is C41H46F4N4O. The highest BCUT2D eigenvalue weighted by atomic mass is 19.1. The van der Waals surface area contributed by atoms with Crippen molar-refractivity contribution < 1.29 is 22.4 Å². The van der Waals surface area contributed by atoms with E-state index >= 15 is 0 Å². The maximum Gasteiger partial charge on any atom is 0.163 e. The number of carbonyl (C=O) groups is 1. The van der Waals surface area contributed by atoms with E-state index in [0.717, 1.165) is 75.3 Å². The van der Waals surface area contributed by atoms with E-state index in [4.69, 9.17) is 0 Å². The molecule has 2 saturated carbocycles. The molecule has 2 unspecified atom stereocenters. The Bertz CT molecular complexity index is 1510. The van der Waals surface area contributed by atoms with Crippen LogP contribution in [-0.2, 0) is 17.6 Å². The van der Waals surface area contributed by atoms with E-state index in [1.54, 1.807) is 49.1 Å². The summed E-state index contributed by atoms with van der Waals surface area (Å²) in [5.74, 6) is 1.83. The largest absolute Gasteiger partial charge is 0.300 e. The molecule has 0 N–H and O–H groups in total. The van der Waals surface area contributed by atoms with Crippen molar-refractivity contribution in [1.29, 1.82) is 0 Å². The topological polar surface area (TPSA) is 68.6 Å². The highest BCUT2D eigenvalue weighted by Crippen LogP contribution is 2.39. The van der Waals surface area contributed by atoms with Crippen LogP contribution in [0.5, 0.6) is 0 Å². The first-order chi connectivity index (χ1) is 24.3. The van der Waals surface area contributed by atoms with Gasteiger partial charge in [-0.3, -0.25) is 4.79 Å². The van der Waals surface area contributed by atoms with Gasteiger partial charge in [0.15, 0.2) is 24.0 Å². The average Bonchev–Trinajstić information content (AvgIpc) is 3.15. The Morgan fingerprint density at radius 1 is 0.560 bits per heavy atom. The first-order valence-corrected chi connectivity index (χ1v) is 18.2. The summed E-state index contributed by atoms with van der Waals surface area (Å²) >= 11 is 0. The standard InChI is InChI=1S/C41H46F4N4O/c42-35-15-5-29(6-16-35)21-38(44)40-46-23-33(24-47-40)31-11-1-27(2-12-31)9-19-37(50)20-10-28-3-13-32(14-4-28)34-25-48-41(49-26-34)39(45)22-30-7-17-36(43)18-8-30/h5-8,15-18,23-28,31-32,38-39H,1-4,9-14,19-22H2. The third-order valence-corrected chi connectivity index (χ3v) is 10.9. The maximum atomic E-state index is 14.8. The van der Waals surface area contributed by atoms with E-state index in [9.17, 15) is 22.4 Å². The SMILES string of the molecule is O=C(CCC1CCC(c2cnc(C(F)Cc3ccc(F)cc3)nc2)CC1)CCC1CCC(c2cnc(C(F)Cc3ccc(F)cc3)nc2)CC1. The maximum absolute atomic E-state index is 14.8. The highest BCUT2D eigenvalue weighted by Gasteiger charge is 2.26. The van der Waals surface area contributed by atoms with Crippen LogP contribution in [-0.4, -0.2) is 25.7 Å². The zero-order chi connectivity index (χ0) is 34.9. The third kappa shape index (κ3) is 10.0. The molecule has 0 radical (unpaired) electrons. The molecule has 0 amide bonds. The van der Waals surface area contributed by atoms with Gasteiger partial charge in [-0.2, -0.15) is 0 Å². The summed E-state index contributed by atoms with van der Waals surface area (Å²) in [6.45, 7) is 0. The molecule has 5 nitrogen and oxygen atoms in total. The predicted octanol–water partition coefficient (Wildman–Crippen LogP) is 10.4. The van der Waals surface area contributed by atoms with Crippen LogP contribution in [0.15, 0.2) is 73.3 Å². The van der Waals surface area contributed by atoms with Crippen LogP contribution in [0.3, 0.4) is 0 Å². The van der Waals surface area contributed by atoms with Crippen LogP contribution in [0, 0.1) is 23.5 Å². The lowest BCUT2D eigenvalue weighted by molar-refractivity contribution is -0.119. The number of aromatic nitrogens is 4. The summed E-state index contributed by atoms with van der Waals surface area (Å²) in [5, 5.41) is 0. The van der Waals surface area contributed by atoms with Crippen molar-refractivity contribution in [2.24, 2.45) is 11.8 Å². The van der Waals surface area contributed by atoms with Crippen LogP contribution in [0.4, 0.5) is 17.6 Å². The third-order valence-electron chi connectivity index (χ3n) is 10.9. The Morgan fingerprint density at radius 3 is 1.24 bits per heavy atom. The molecule has 0 aliphatic heterocycles. The minimum atomic E-state index is -1.34. The number of nitrogens with zero attached hydrogens (tertiary/aromatic N) is 4. The molecule has 0 saturated heterocycles. The minimum Gasteiger partial charge on any atom is -0.300 e. The lowest BCUT2D eigenvalue weighted by Crippen LogP contribution is -2.17. The molecule has 9 heteroatoms. The summed E-state index contributed by atoms with van der Waals surface area (Å²) in [5.41, 5.74) is 3.50. The van der Waals surface area contributed by atoms with Gasteiger partial charge in [0.1, 0.15) is 17.4 Å². The van der Waals surface area contributed by atoms with Gasteiger partial charge < -0.3 is 0 Å². The van der Waals surface area contributed by atoms with Crippen LogP contribution < -0.4 is 0 Å². The first kappa shape index (κ1) is 35.8. The van der Waals surface area contributed by atoms with Gasteiger partial charge in [0.25, 0.3) is 0 Å². The number of hydrogen-bond donors (Lipinski definition) is 0. The van der Waals surface area contributed by atoms with Crippen molar-refractivity contribution in [2.45, 2.75) is 114 Å². The number of hydrogen-bond acceptors (Lipinski definition) is 5. The first-order valence-electron chi connectivity index (χ1n) is 18.2. The van der Waals surface area contributed by atoms with E-state index < -0.39 is 12.3 Å². The Balaban J connectivity index is 0.848. The van der Waals surface area contributed by atoms with Crippen molar-refractivity contribution >= 4 is 5.78 Å². The fraction of sp³-hybridized carbons (Fsp3) is 0.488. The molecule has 2 aromatic heterocycles. The summed E-state index contributed by atoms with van der Waals surface area (Å²) in [4.78, 5) is 30.1. The Kier molecular flexibility index (Phi) is 12.4. The molecule has 2 atom stereocenters. The Hall–Kier alpha value is -4.01. The molecule has 2 heterocycles. The van der Waals surface area contributed by atoms with Crippen LogP contribution in [0.2, 0.25) is 0 Å². The number of carbonyl (C=O) groups excluding carboxylic acids is 1. The van der Waals surface area contributed by atoms with Gasteiger partial charge in [-0.15, -0.1) is 0 Å². The molecule has 2 aliphatic rings. The molecule has 0 spiro atoms. The van der Waals surface area contributed by atoms with E-state index in [2.05, 4.69) is 19.9 Å². The number of alkyl halides is 2. The second-order valence-corrected chi connectivity index (χ2v) is 14.4. The molecule has 264 valence electrons. The molecule has 2 fully saturated rings. The molecule has 2 aliphatic carbocycles. The fourth-order valence-electron chi connectivity index (χ4n) is 7.70. The molecule has 0 bridgehead atoms. The number of rotatable bonds is 14. The van der Waals surface area contributed by atoms with E-state index in [1.165, 1.54) is 24.3 Å². The average molecular weight is 687 g/mol. The van der Waals surface area contributed by atoms with Crippen LogP contribution in [0.1, 0.15) is 135 Å². The molecule has 50 heavy (non-hydrogen) atoms. The lowest BCUT2D eigenvalue weighted by Gasteiger charge is -2.29. The van der Waals surface area contributed by atoms with Gasteiger partial charge in [-0.05, 0) is 134 Å². The Labute approximate surface area is 292 Å². The van der Waals surface area contributed by atoms with Crippen molar-refractivity contribution in [1.82, 2.24) is 19.9 Å². The van der Waals surface area contributed by atoms with Crippen molar-refractivity contribution in [2.75, 3.05) is 0 Å². The zero-order valence-corrected chi connectivity index (χ0v) is 28.5. The van der Waals surface area contributed by atoms with Gasteiger partial charge in [0.05, 0.1) is 0 Å². The molecule has 4 aromatic rings. The van der Waals surface area contributed by atoms with Gasteiger partial charge in [-0.25, -0.2) is 37.5 Å². The summed E-state index contributed by atoms with van der Waals surface area (Å²) in [6, 6.07) is 11.7. The van der Waals surface area contributed by atoms with Gasteiger partial charge in [0, 0.05) is 50.5 Å².